The van der Waals surface area contributed by atoms with Gasteiger partial charge in [0, 0.05) is 37.2 Å². The van der Waals surface area contributed by atoms with Gasteiger partial charge in [0.15, 0.2) is 5.13 Å². The highest BCUT2D eigenvalue weighted by Crippen LogP contribution is 2.29. The molecule has 0 bridgehead atoms. The lowest BCUT2D eigenvalue weighted by Crippen LogP contribution is -2.26. The van der Waals surface area contributed by atoms with Crippen molar-refractivity contribution < 1.29 is 14.0 Å². The quantitative estimate of drug-likeness (QED) is 0.483. The minimum atomic E-state index is -0.407. The van der Waals surface area contributed by atoms with Crippen molar-refractivity contribution in [2.75, 3.05) is 22.2 Å². The van der Waals surface area contributed by atoms with Crippen molar-refractivity contribution in [3.8, 4) is 0 Å². The Morgan fingerprint density at radius 3 is 2.50 bits per heavy atom. The minimum absolute atomic E-state index is 0.150. The van der Waals surface area contributed by atoms with E-state index < -0.39 is 11.7 Å². The number of thiazole rings is 1. The number of anilines is 4. The summed E-state index contributed by atoms with van der Waals surface area (Å²) in [6.45, 7) is 5.42. The van der Waals surface area contributed by atoms with Crippen LogP contribution in [0.4, 0.5) is 26.6 Å². The second-order valence-electron chi connectivity index (χ2n) is 7.44. The molecule has 0 fully saturated rings. The summed E-state index contributed by atoms with van der Waals surface area (Å²) in [5, 5.41) is 4.92. The van der Waals surface area contributed by atoms with Crippen LogP contribution in [0, 0.1) is 5.82 Å². The Kier molecular flexibility index (Phi) is 7.37. The molecule has 8 heteroatoms. The fourth-order valence-electron chi connectivity index (χ4n) is 2.95. The number of carbonyl (C=O) groups excluding carboxylic acids is 2. The molecule has 3 rings (SSSR count). The van der Waals surface area contributed by atoms with Crippen LogP contribution in [0.2, 0.25) is 0 Å². The van der Waals surface area contributed by atoms with E-state index >= 15 is 0 Å². The molecule has 0 spiro atoms. The number of hydrogen-bond donors (Lipinski definition) is 1. The number of amides is 2. The van der Waals surface area contributed by atoms with E-state index in [4.69, 9.17) is 0 Å². The summed E-state index contributed by atoms with van der Waals surface area (Å²) < 4.78 is 14.4. The van der Waals surface area contributed by atoms with Crippen LogP contribution in [0.5, 0.6) is 0 Å². The van der Waals surface area contributed by atoms with Crippen molar-refractivity contribution in [2.45, 2.75) is 26.8 Å². The molecule has 0 unspecified atom stereocenters. The third kappa shape index (κ3) is 5.59. The average molecular weight is 453 g/mol. The maximum atomic E-state index is 14.4. The van der Waals surface area contributed by atoms with Crippen LogP contribution in [0.15, 0.2) is 60.0 Å². The summed E-state index contributed by atoms with van der Waals surface area (Å²) in [5.74, 6) is -0.972. The second kappa shape index (κ2) is 10.2. The van der Waals surface area contributed by atoms with Crippen LogP contribution in [0.3, 0.4) is 0 Å². The number of halogens is 1. The highest BCUT2D eigenvalue weighted by atomic mass is 32.1. The van der Waals surface area contributed by atoms with Crippen LogP contribution in [0.1, 0.15) is 26.5 Å². The molecule has 0 atom stereocenters. The molecule has 0 aliphatic heterocycles. The van der Waals surface area contributed by atoms with Crippen LogP contribution in [-0.4, -0.2) is 29.9 Å². The summed E-state index contributed by atoms with van der Waals surface area (Å²) in [4.78, 5) is 32.2. The van der Waals surface area contributed by atoms with Gasteiger partial charge in [-0.2, -0.15) is 0 Å². The van der Waals surface area contributed by atoms with Gasteiger partial charge in [-0.1, -0.05) is 18.2 Å². The molecule has 166 valence electrons. The molecule has 0 aliphatic carbocycles. The van der Waals surface area contributed by atoms with Gasteiger partial charge < -0.3 is 10.2 Å². The van der Waals surface area contributed by atoms with E-state index in [-0.39, 0.29) is 11.9 Å². The Morgan fingerprint density at radius 2 is 1.88 bits per heavy atom. The van der Waals surface area contributed by atoms with Gasteiger partial charge in [0.2, 0.25) is 11.8 Å². The summed E-state index contributed by atoms with van der Waals surface area (Å²) >= 11 is 1.30. The number of hydrogen-bond acceptors (Lipinski definition) is 5. The number of rotatable bonds is 7. The first kappa shape index (κ1) is 23.1. The molecule has 0 radical (unpaired) electrons. The molecular weight excluding hydrogens is 427 g/mol. The van der Waals surface area contributed by atoms with Crippen LogP contribution in [-0.2, 0) is 9.59 Å². The van der Waals surface area contributed by atoms with Gasteiger partial charge in [-0.25, -0.2) is 9.37 Å². The Morgan fingerprint density at radius 1 is 1.16 bits per heavy atom. The third-order valence-corrected chi connectivity index (χ3v) is 5.65. The molecule has 1 heterocycles. The van der Waals surface area contributed by atoms with Gasteiger partial charge in [-0.05, 0) is 50.3 Å². The molecule has 1 aromatic heterocycles. The molecule has 6 nitrogen and oxygen atoms in total. The maximum absolute atomic E-state index is 14.4. The molecule has 2 amide bonds. The lowest BCUT2D eigenvalue weighted by atomic mass is 10.2. The van der Waals surface area contributed by atoms with Gasteiger partial charge in [0.1, 0.15) is 5.82 Å². The van der Waals surface area contributed by atoms with Gasteiger partial charge in [-0.15, -0.1) is 11.3 Å². The fourth-order valence-corrected chi connectivity index (χ4v) is 3.81. The van der Waals surface area contributed by atoms with E-state index in [2.05, 4.69) is 10.3 Å². The van der Waals surface area contributed by atoms with Gasteiger partial charge in [-0.3, -0.25) is 14.5 Å². The van der Waals surface area contributed by atoms with Crippen molar-refractivity contribution in [3.63, 3.8) is 0 Å². The fraction of sp³-hybridized carbons (Fsp3) is 0.208. The summed E-state index contributed by atoms with van der Waals surface area (Å²) in [6, 6.07) is 14.0. The lowest BCUT2D eigenvalue weighted by Gasteiger charge is -2.24. The van der Waals surface area contributed by atoms with E-state index in [1.165, 1.54) is 35.3 Å². The Bertz CT molecular complexity index is 1130. The largest absolute Gasteiger partial charge is 0.370 e. The summed E-state index contributed by atoms with van der Waals surface area (Å²) in [5.41, 5.74) is 2.10. The predicted octanol–water partition coefficient (Wildman–Crippen LogP) is 5.46. The molecule has 1 N–H and O–H groups in total. The van der Waals surface area contributed by atoms with E-state index in [0.29, 0.717) is 22.2 Å². The van der Waals surface area contributed by atoms with Crippen molar-refractivity contribution >= 4 is 51.4 Å². The maximum Gasteiger partial charge on any atom is 0.248 e. The van der Waals surface area contributed by atoms with E-state index in [1.807, 2.05) is 56.1 Å². The van der Waals surface area contributed by atoms with Crippen LogP contribution >= 0.6 is 11.3 Å². The zero-order valence-corrected chi connectivity index (χ0v) is 19.2. The minimum Gasteiger partial charge on any atom is -0.370 e. The molecule has 32 heavy (non-hydrogen) atoms. The van der Waals surface area contributed by atoms with E-state index in [9.17, 15) is 14.0 Å². The first-order valence-corrected chi connectivity index (χ1v) is 11.0. The average Bonchev–Trinajstić information content (AvgIpc) is 3.21. The van der Waals surface area contributed by atoms with Gasteiger partial charge in [0.25, 0.3) is 0 Å². The Labute approximate surface area is 191 Å². The number of benzene rings is 2. The molecule has 0 aliphatic rings. The molecular formula is C24H25FN4O2S. The zero-order valence-electron chi connectivity index (χ0n) is 18.4. The first-order chi connectivity index (χ1) is 15.3. The standard InChI is InChI=1S/C24H25FN4O2S/c1-16(2)28(4)22-12-10-18(14-21(22)25)26-23(31)13-11-19-15-32-24(27-19)29(17(3)30)20-8-6-5-7-9-20/h5-16H,1-4H3,(H,26,31)/b13-11+. The third-order valence-electron chi connectivity index (χ3n) is 4.81. The van der Waals surface area contributed by atoms with Gasteiger partial charge in [0.05, 0.1) is 17.1 Å². The number of nitrogens with one attached hydrogen (secondary N) is 1. The SMILES string of the molecule is CC(=O)N(c1ccccc1)c1nc(/C=C/C(=O)Nc2ccc(N(C)C(C)C)c(F)c2)cs1. The zero-order chi connectivity index (χ0) is 23.3. The molecule has 2 aromatic carbocycles. The van der Waals surface area contributed by atoms with Crippen molar-refractivity contribution in [2.24, 2.45) is 0 Å². The van der Waals surface area contributed by atoms with E-state index in [1.54, 1.807) is 23.6 Å². The van der Waals surface area contributed by atoms with Crippen molar-refractivity contribution in [3.05, 3.63) is 71.5 Å². The monoisotopic (exact) mass is 452 g/mol. The van der Waals surface area contributed by atoms with Crippen molar-refractivity contribution in [1.29, 1.82) is 0 Å². The molecule has 3 aromatic rings. The first-order valence-electron chi connectivity index (χ1n) is 10.1. The second-order valence-corrected chi connectivity index (χ2v) is 8.27. The topological polar surface area (TPSA) is 65.5 Å². The van der Waals surface area contributed by atoms with E-state index in [0.717, 1.165) is 5.69 Å². The smallest absolute Gasteiger partial charge is 0.248 e. The summed E-state index contributed by atoms with van der Waals surface area (Å²) in [7, 11) is 1.82. The normalized spacial score (nSPS) is 11.1. The Hall–Kier alpha value is -3.52. The van der Waals surface area contributed by atoms with Crippen LogP contribution in [0.25, 0.3) is 6.08 Å². The summed E-state index contributed by atoms with van der Waals surface area (Å²) in [6.07, 6.45) is 2.88. The highest BCUT2D eigenvalue weighted by Gasteiger charge is 2.17. The molecule has 0 saturated heterocycles. The van der Waals surface area contributed by atoms with Crippen LogP contribution < -0.4 is 15.1 Å². The number of nitrogens with zero attached hydrogens (tertiary/aromatic N) is 3. The highest BCUT2D eigenvalue weighted by molar-refractivity contribution is 7.14. The number of aromatic nitrogens is 1. The number of carbonyl (C=O) groups is 2. The van der Waals surface area contributed by atoms with Crippen molar-refractivity contribution in [1.82, 2.24) is 4.98 Å². The predicted molar refractivity (Wildman–Crippen MR) is 129 cm³/mol. The Balaban J connectivity index is 1.68. The van der Waals surface area contributed by atoms with Gasteiger partial charge >= 0.3 is 0 Å². The lowest BCUT2D eigenvalue weighted by molar-refractivity contribution is -0.116. The molecule has 0 saturated carbocycles. The number of para-hydroxylation sites is 1.